The number of nitrogen functional groups attached to an aromatic ring is 2. The Morgan fingerprint density at radius 3 is 2.20 bits per heavy atom. The summed E-state index contributed by atoms with van der Waals surface area (Å²) in [5.41, 5.74) is 16.4. The van der Waals surface area contributed by atoms with Gasteiger partial charge in [0.05, 0.1) is 4.90 Å². The van der Waals surface area contributed by atoms with E-state index in [4.69, 9.17) is 16.5 Å². The van der Waals surface area contributed by atoms with Crippen LogP contribution in [0.25, 0.3) is 22.6 Å². The first-order chi connectivity index (χ1) is 19.7. The molecule has 5 rings (SSSR count). The number of aryl methyl sites for hydroxylation is 1. The van der Waals surface area contributed by atoms with Gasteiger partial charge < -0.3 is 21.3 Å². The van der Waals surface area contributed by atoms with E-state index in [0.29, 0.717) is 41.1 Å². The molecule has 0 spiro atoms. The Morgan fingerprint density at radius 2 is 1.56 bits per heavy atom. The lowest BCUT2D eigenvalue weighted by Crippen LogP contribution is -2.48. The summed E-state index contributed by atoms with van der Waals surface area (Å²) in [6, 6.07) is 15.0. The number of hydrogen-bond acceptors (Lipinski definition) is 10. The van der Waals surface area contributed by atoms with Gasteiger partial charge in [-0.15, -0.1) is 11.3 Å². The van der Waals surface area contributed by atoms with Crippen LogP contribution in [0.15, 0.2) is 58.8 Å². The summed E-state index contributed by atoms with van der Waals surface area (Å²) in [6.45, 7) is 10.6. The van der Waals surface area contributed by atoms with Crippen molar-refractivity contribution in [3.63, 3.8) is 0 Å². The lowest BCUT2D eigenvalue weighted by Gasteiger charge is -2.33. The highest BCUT2D eigenvalue weighted by Crippen LogP contribution is 2.36. The zero-order valence-electron chi connectivity index (χ0n) is 23.6. The Kier molecular flexibility index (Phi) is 8.55. The molecule has 1 saturated heterocycles. The lowest BCUT2D eigenvalue weighted by atomic mass is 10.0. The van der Waals surface area contributed by atoms with E-state index >= 15 is 0 Å². The average Bonchev–Trinajstić information content (AvgIpc) is 3.46. The van der Waals surface area contributed by atoms with Crippen LogP contribution in [-0.2, 0) is 10.0 Å². The van der Waals surface area contributed by atoms with E-state index in [1.54, 1.807) is 16.4 Å². The van der Waals surface area contributed by atoms with E-state index in [1.165, 1.54) is 17.4 Å². The van der Waals surface area contributed by atoms with E-state index < -0.39 is 10.0 Å². The summed E-state index contributed by atoms with van der Waals surface area (Å²) in [4.78, 5) is 18.2. The Bertz CT molecular complexity index is 1590. The first-order valence-electron chi connectivity index (χ1n) is 13.8. The maximum absolute atomic E-state index is 13.3. The summed E-state index contributed by atoms with van der Waals surface area (Å²) in [6.07, 6.45) is 0.916. The minimum Gasteiger partial charge on any atom is -0.384 e. The molecule has 4 aromatic rings. The zero-order chi connectivity index (χ0) is 29.1. The zero-order valence-corrected chi connectivity index (χ0v) is 25.2. The number of sulfonamides is 1. The summed E-state index contributed by atoms with van der Waals surface area (Å²) in [5, 5.41) is 2.73. The van der Waals surface area contributed by atoms with Crippen molar-refractivity contribution in [2.45, 2.75) is 32.1 Å². The molecule has 2 aromatic heterocycles. The Balaban J connectivity index is 1.41. The number of thiazole rings is 1. The second-order valence-electron chi connectivity index (χ2n) is 10.1. The first kappa shape index (κ1) is 28.9. The number of piperazine rings is 1. The molecule has 0 aliphatic carbocycles. The molecule has 41 heavy (non-hydrogen) atoms. The number of anilines is 4. The summed E-state index contributed by atoms with van der Waals surface area (Å²) in [7, 11) is -3.52. The molecule has 2 aromatic carbocycles. The van der Waals surface area contributed by atoms with Crippen molar-refractivity contribution < 1.29 is 8.42 Å². The average molecular weight is 593 g/mol. The van der Waals surface area contributed by atoms with Crippen LogP contribution >= 0.6 is 11.3 Å². The Morgan fingerprint density at radius 1 is 0.902 bits per heavy atom. The third-order valence-corrected chi connectivity index (χ3v) is 10.0. The quantitative estimate of drug-likeness (QED) is 0.286. The molecule has 4 N–H and O–H groups in total. The number of aromatic nitrogens is 3. The predicted molar refractivity (Wildman–Crippen MR) is 167 cm³/mol. The molecule has 0 unspecified atom stereocenters. The van der Waals surface area contributed by atoms with Gasteiger partial charge in [0.25, 0.3) is 0 Å². The van der Waals surface area contributed by atoms with Gasteiger partial charge in [-0.05, 0) is 54.8 Å². The Labute approximate surface area is 245 Å². The number of nitrogens with zero attached hydrogens (tertiary/aromatic N) is 6. The molecule has 0 bridgehead atoms. The second kappa shape index (κ2) is 12.1. The van der Waals surface area contributed by atoms with Gasteiger partial charge in [0, 0.05) is 49.9 Å². The highest BCUT2D eigenvalue weighted by atomic mass is 32.2. The molecular weight excluding hydrogens is 557 g/mol. The van der Waals surface area contributed by atoms with Crippen molar-refractivity contribution in [2.75, 3.05) is 55.6 Å². The highest BCUT2D eigenvalue weighted by molar-refractivity contribution is 7.89. The summed E-state index contributed by atoms with van der Waals surface area (Å²) in [5.74, 6) is 0.997. The third-order valence-electron chi connectivity index (χ3n) is 7.27. The van der Waals surface area contributed by atoms with Crippen LogP contribution in [0.5, 0.6) is 0 Å². The molecule has 0 saturated carbocycles. The van der Waals surface area contributed by atoms with E-state index in [-0.39, 0.29) is 0 Å². The molecule has 12 heteroatoms. The van der Waals surface area contributed by atoms with Gasteiger partial charge in [0.1, 0.15) is 17.3 Å². The molecule has 0 atom stereocenters. The van der Waals surface area contributed by atoms with Crippen LogP contribution < -0.4 is 16.4 Å². The number of nitrogens with two attached hydrogens (primary N) is 2. The molecule has 216 valence electrons. The fourth-order valence-corrected chi connectivity index (χ4v) is 7.23. The molecule has 3 heterocycles. The number of rotatable bonds is 9. The molecule has 1 fully saturated rings. The van der Waals surface area contributed by atoms with Gasteiger partial charge in [0.2, 0.25) is 10.0 Å². The SMILES string of the molecule is CCCN(c1nc(-c2nc(N)cc(N)n2)cs1)c1cc(-c2ccc(S(=O)(=O)N3CCN(CC)CC3)cc2)ccc1C. The van der Waals surface area contributed by atoms with Crippen molar-refractivity contribution >= 4 is 43.8 Å². The van der Waals surface area contributed by atoms with Gasteiger partial charge in [-0.1, -0.05) is 38.1 Å². The standard InChI is InChI=1S/C29H36N8O2S2/c1-4-12-37(29-32-24(19-40-29)28-33-26(30)18-27(31)34-28)25-17-22(7-6-20(25)3)21-8-10-23(11-9-21)41(38,39)36-15-13-35(5-2)14-16-36/h6-11,17-19H,4-5,12-16H2,1-3H3,(H4,30,31,33,34). The topological polar surface area (TPSA) is 135 Å². The normalized spacial score (nSPS) is 14.8. The largest absolute Gasteiger partial charge is 0.384 e. The number of benzene rings is 2. The highest BCUT2D eigenvalue weighted by Gasteiger charge is 2.28. The van der Waals surface area contributed by atoms with E-state index in [9.17, 15) is 8.42 Å². The third kappa shape index (κ3) is 6.20. The summed E-state index contributed by atoms with van der Waals surface area (Å²) < 4.78 is 28.1. The van der Waals surface area contributed by atoms with E-state index in [0.717, 1.165) is 60.1 Å². The van der Waals surface area contributed by atoms with Crippen LogP contribution in [0.3, 0.4) is 0 Å². The van der Waals surface area contributed by atoms with Crippen LogP contribution in [0.4, 0.5) is 22.5 Å². The molecule has 0 radical (unpaired) electrons. The van der Waals surface area contributed by atoms with E-state index in [2.05, 4.69) is 58.7 Å². The van der Waals surface area contributed by atoms with Gasteiger partial charge >= 0.3 is 0 Å². The molecule has 1 aliphatic rings. The lowest BCUT2D eigenvalue weighted by molar-refractivity contribution is 0.196. The van der Waals surface area contributed by atoms with Gasteiger partial charge in [-0.25, -0.2) is 23.4 Å². The molecule has 10 nitrogen and oxygen atoms in total. The minimum absolute atomic E-state index is 0.300. The maximum atomic E-state index is 13.3. The monoisotopic (exact) mass is 592 g/mol. The molecule has 0 amide bonds. The molecule has 1 aliphatic heterocycles. The van der Waals surface area contributed by atoms with Crippen molar-refractivity contribution in [1.82, 2.24) is 24.2 Å². The van der Waals surface area contributed by atoms with Crippen LogP contribution in [-0.4, -0.2) is 71.8 Å². The van der Waals surface area contributed by atoms with Crippen molar-refractivity contribution in [3.8, 4) is 22.6 Å². The van der Waals surface area contributed by atoms with Crippen molar-refractivity contribution in [2.24, 2.45) is 0 Å². The number of hydrogen-bond donors (Lipinski definition) is 2. The molecular formula is C29H36N8O2S2. The summed E-state index contributed by atoms with van der Waals surface area (Å²) >= 11 is 1.51. The minimum atomic E-state index is -3.52. The Hall–Kier alpha value is -3.58. The predicted octanol–water partition coefficient (Wildman–Crippen LogP) is 4.61. The fraction of sp³-hybridized carbons (Fsp3) is 0.345. The van der Waals surface area contributed by atoms with Crippen LogP contribution in [0.1, 0.15) is 25.8 Å². The first-order valence-corrected chi connectivity index (χ1v) is 16.1. The van der Waals surface area contributed by atoms with Gasteiger partial charge in [-0.3, -0.25) is 0 Å². The fourth-order valence-electron chi connectivity index (χ4n) is 4.97. The number of likely N-dealkylation sites (N-methyl/N-ethyl adjacent to an activating group) is 1. The van der Waals surface area contributed by atoms with E-state index in [1.807, 2.05) is 17.5 Å². The second-order valence-corrected chi connectivity index (χ2v) is 12.8. The van der Waals surface area contributed by atoms with Crippen LogP contribution in [0.2, 0.25) is 0 Å². The smallest absolute Gasteiger partial charge is 0.243 e. The van der Waals surface area contributed by atoms with Crippen molar-refractivity contribution in [3.05, 3.63) is 59.5 Å². The maximum Gasteiger partial charge on any atom is 0.243 e. The van der Waals surface area contributed by atoms with Crippen LogP contribution in [0, 0.1) is 6.92 Å². The van der Waals surface area contributed by atoms with Crippen molar-refractivity contribution in [1.29, 1.82) is 0 Å². The van der Waals surface area contributed by atoms with Gasteiger partial charge in [0.15, 0.2) is 11.0 Å². The van der Waals surface area contributed by atoms with Gasteiger partial charge in [-0.2, -0.15) is 4.31 Å².